The third-order valence-electron chi connectivity index (χ3n) is 5.03. The van der Waals surface area contributed by atoms with Gasteiger partial charge < -0.3 is 14.9 Å². The monoisotopic (exact) mass is 296 g/mol. The molecule has 0 bridgehead atoms. The lowest BCUT2D eigenvalue weighted by Gasteiger charge is -2.41. The van der Waals surface area contributed by atoms with Gasteiger partial charge in [0, 0.05) is 26.2 Å². The molecular formula is C16H28N2O3. The van der Waals surface area contributed by atoms with Crippen LogP contribution >= 0.6 is 0 Å². The van der Waals surface area contributed by atoms with Gasteiger partial charge in [0.1, 0.15) is 0 Å². The van der Waals surface area contributed by atoms with Crippen molar-refractivity contribution in [1.82, 2.24) is 9.80 Å². The maximum absolute atomic E-state index is 12.5. The number of carbonyl (C=O) groups is 2. The lowest BCUT2D eigenvalue weighted by molar-refractivity contribution is -0.143. The van der Waals surface area contributed by atoms with Crippen molar-refractivity contribution in [2.75, 3.05) is 26.2 Å². The Balaban J connectivity index is 1.88. The Labute approximate surface area is 127 Å². The van der Waals surface area contributed by atoms with E-state index in [0.29, 0.717) is 30.8 Å². The number of piperidine rings is 2. The number of carboxylic acids is 1. The number of urea groups is 1. The highest BCUT2D eigenvalue weighted by molar-refractivity contribution is 5.76. The topological polar surface area (TPSA) is 60.9 Å². The molecule has 0 saturated carbocycles. The summed E-state index contributed by atoms with van der Waals surface area (Å²) in [5.41, 5.74) is 0.300. The summed E-state index contributed by atoms with van der Waals surface area (Å²) in [6, 6.07) is 0.0355. The molecule has 2 rings (SSSR count). The van der Waals surface area contributed by atoms with Gasteiger partial charge in [0.05, 0.1) is 5.92 Å². The van der Waals surface area contributed by atoms with E-state index in [9.17, 15) is 9.59 Å². The van der Waals surface area contributed by atoms with Gasteiger partial charge in [-0.3, -0.25) is 4.79 Å². The Bertz CT molecular complexity index is 395. The third kappa shape index (κ3) is 3.89. The number of amides is 2. The highest BCUT2D eigenvalue weighted by Gasteiger charge is 2.34. The van der Waals surface area contributed by atoms with Gasteiger partial charge >= 0.3 is 12.0 Å². The summed E-state index contributed by atoms with van der Waals surface area (Å²) in [7, 11) is 0. The van der Waals surface area contributed by atoms with E-state index in [1.165, 1.54) is 0 Å². The van der Waals surface area contributed by atoms with Crippen LogP contribution in [-0.2, 0) is 4.79 Å². The lowest BCUT2D eigenvalue weighted by Crippen LogP contribution is -2.51. The normalized spacial score (nSPS) is 25.0. The molecule has 0 aromatic carbocycles. The first-order valence-electron chi connectivity index (χ1n) is 8.05. The zero-order valence-corrected chi connectivity index (χ0v) is 13.5. The highest BCUT2D eigenvalue weighted by Crippen LogP contribution is 2.34. The number of hydrogen-bond donors (Lipinski definition) is 1. The Morgan fingerprint density at radius 2 is 1.62 bits per heavy atom. The van der Waals surface area contributed by atoms with Crippen molar-refractivity contribution in [3.8, 4) is 0 Å². The van der Waals surface area contributed by atoms with Gasteiger partial charge in [0.25, 0.3) is 0 Å². The summed E-state index contributed by atoms with van der Waals surface area (Å²) >= 11 is 0. The molecule has 0 radical (unpaired) electrons. The fourth-order valence-corrected chi connectivity index (χ4v) is 3.49. The highest BCUT2D eigenvalue weighted by atomic mass is 16.4. The average molecular weight is 296 g/mol. The summed E-state index contributed by atoms with van der Waals surface area (Å²) in [6.45, 7) is 9.45. The quantitative estimate of drug-likeness (QED) is 0.809. The van der Waals surface area contributed by atoms with Crippen LogP contribution in [-0.4, -0.2) is 53.1 Å². The smallest absolute Gasteiger partial charge is 0.320 e. The second kappa shape index (κ2) is 6.24. The van der Waals surface area contributed by atoms with Crippen molar-refractivity contribution in [3.63, 3.8) is 0 Å². The molecule has 2 fully saturated rings. The molecule has 2 heterocycles. The van der Waals surface area contributed by atoms with Crippen LogP contribution in [0.1, 0.15) is 46.5 Å². The van der Waals surface area contributed by atoms with E-state index in [4.69, 9.17) is 5.11 Å². The Hall–Kier alpha value is -1.26. The molecule has 1 unspecified atom stereocenters. The molecule has 120 valence electrons. The molecule has 1 N–H and O–H groups in total. The van der Waals surface area contributed by atoms with Crippen molar-refractivity contribution in [2.24, 2.45) is 17.3 Å². The van der Waals surface area contributed by atoms with E-state index in [1.54, 1.807) is 4.90 Å². The van der Waals surface area contributed by atoms with E-state index < -0.39 is 11.9 Å². The van der Waals surface area contributed by atoms with Gasteiger partial charge in [-0.2, -0.15) is 0 Å². The van der Waals surface area contributed by atoms with E-state index in [1.807, 2.05) is 4.90 Å². The minimum absolute atomic E-state index is 0.0355. The first kappa shape index (κ1) is 16.1. The molecular weight excluding hydrogens is 268 g/mol. The molecule has 0 aromatic heterocycles. The first-order valence-corrected chi connectivity index (χ1v) is 8.05. The van der Waals surface area contributed by atoms with Crippen LogP contribution in [0.5, 0.6) is 0 Å². The van der Waals surface area contributed by atoms with Crippen LogP contribution in [0.3, 0.4) is 0 Å². The summed E-state index contributed by atoms with van der Waals surface area (Å²) in [5.74, 6) is -0.511. The molecule has 0 aliphatic carbocycles. The van der Waals surface area contributed by atoms with Gasteiger partial charge in [-0.25, -0.2) is 4.79 Å². The second-order valence-electron chi connectivity index (χ2n) is 7.53. The van der Waals surface area contributed by atoms with Gasteiger partial charge in [-0.15, -0.1) is 0 Å². The van der Waals surface area contributed by atoms with Crippen molar-refractivity contribution >= 4 is 12.0 Å². The predicted molar refractivity (Wildman–Crippen MR) is 81.1 cm³/mol. The van der Waals surface area contributed by atoms with Crippen LogP contribution in [0.2, 0.25) is 0 Å². The number of hydrogen-bond acceptors (Lipinski definition) is 2. The van der Waals surface area contributed by atoms with E-state index in [0.717, 1.165) is 32.4 Å². The molecule has 2 saturated heterocycles. The second-order valence-corrected chi connectivity index (χ2v) is 7.53. The van der Waals surface area contributed by atoms with Crippen LogP contribution in [0.4, 0.5) is 4.79 Å². The number of carboxylic acid groups (broad SMARTS) is 1. The molecule has 5 nitrogen and oxygen atoms in total. The summed E-state index contributed by atoms with van der Waals surface area (Å²) in [4.78, 5) is 27.3. The average Bonchev–Trinajstić information content (AvgIpc) is 2.46. The van der Waals surface area contributed by atoms with Crippen LogP contribution < -0.4 is 0 Å². The number of rotatable bonds is 1. The van der Waals surface area contributed by atoms with E-state index in [2.05, 4.69) is 20.8 Å². The molecule has 2 aliphatic heterocycles. The number of likely N-dealkylation sites (tertiary alicyclic amines) is 2. The van der Waals surface area contributed by atoms with Gasteiger partial charge in [0.2, 0.25) is 0 Å². The molecule has 21 heavy (non-hydrogen) atoms. The fourth-order valence-electron chi connectivity index (χ4n) is 3.49. The Morgan fingerprint density at radius 1 is 1.00 bits per heavy atom. The van der Waals surface area contributed by atoms with Crippen LogP contribution in [0.15, 0.2) is 0 Å². The third-order valence-corrected chi connectivity index (χ3v) is 5.03. The summed E-state index contributed by atoms with van der Waals surface area (Å²) in [5, 5.41) is 9.12. The maximum atomic E-state index is 12.5. The number of aliphatic carboxylic acids is 1. The summed E-state index contributed by atoms with van der Waals surface area (Å²) < 4.78 is 0. The van der Waals surface area contributed by atoms with E-state index in [-0.39, 0.29) is 6.03 Å². The number of carbonyl (C=O) groups excluding carboxylic acids is 1. The van der Waals surface area contributed by atoms with E-state index >= 15 is 0 Å². The zero-order chi connectivity index (χ0) is 15.6. The zero-order valence-electron chi connectivity index (χ0n) is 13.5. The number of nitrogens with zero attached hydrogens (tertiary/aromatic N) is 2. The first-order chi connectivity index (χ1) is 9.79. The van der Waals surface area contributed by atoms with Crippen molar-refractivity contribution in [3.05, 3.63) is 0 Å². The Morgan fingerprint density at radius 3 is 2.14 bits per heavy atom. The Kier molecular flexibility index (Phi) is 4.79. The minimum Gasteiger partial charge on any atom is -0.481 e. The minimum atomic E-state index is -0.779. The standard InChI is InChI=1S/C16H28N2O3/c1-16(2,3)13-6-9-17(10-7-13)15(21)18-8-4-5-12(11-18)14(19)20/h12-13H,4-11H2,1-3H3,(H,19,20). The molecule has 0 aromatic rings. The molecule has 1 atom stereocenters. The van der Waals surface area contributed by atoms with Crippen molar-refractivity contribution in [1.29, 1.82) is 0 Å². The molecule has 2 amide bonds. The predicted octanol–water partition coefficient (Wildman–Crippen LogP) is 2.66. The molecule has 0 spiro atoms. The van der Waals surface area contributed by atoms with Gasteiger partial charge in [0.15, 0.2) is 0 Å². The molecule has 5 heteroatoms. The maximum Gasteiger partial charge on any atom is 0.320 e. The molecule has 2 aliphatic rings. The van der Waals surface area contributed by atoms with Crippen molar-refractivity contribution in [2.45, 2.75) is 46.5 Å². The lowest BCUT2D eigenvalue weighted by atomic mass is 9.75. The SMILES string of the molecule is CC(C)(C)C1CCN(C(=O)N2CCCC(C(=O)O)C2)CC1. The van der Waals surface area contributed by atoms with Crippen molar-refractivity contribution < 1.29 is 14.7 Å². The van der Waals surface area contributed by atoms with Crippen LogP contribution in [0, 0.1) is 17.3 Å². The summed E-state index contributed by atoms with van der Waals surface area (Å²) in [6.07, 6.45) is 3.57. The largest absolute Gasteiger partial charge is 0.481 e. The van der Waals surface area contributed by atoms with Gasteiger partial charge in [-0.05, 0) is 37.0 Å². The fraction of sp³-hybridized carbons (Fsp3) is 0.875. The van der Waals surface area contributed by atoms with Crippen LogP contribution in [0.25, 0.3) is 0 Å². The van der Waals surface area contributed by atoms with Gasteiger partial charge in [-0.1, -0.05) is 20.8 Å².